The molecule has 0 aliphatic carbocycles. The van der Waals surface area contributed by atoms with E-state index in [0.717, 1.165) is 0 Å². The van der Waals surface area contributed by atoms with Crippen LogP contribution in [0.3, 0.4) is 0 Å². The fraction of sp³-hybridized carbons (Fsp3) is 0.632. The van der Waals surface area contributed by atoms with E-state index in [-0.39, 0.29) is 0 Å². The van der Waals surface area contributed by atoms with Crippen molar-refractivity contribution in [2.45, 2.75) is 155 Å². The summed E-state index contributed by atoms with van der Waals surface area (Å²) < 4.78 is 6.13. The molecule has 0 nitrogen and oxygen atoms in total. The van der Waals surface area contributed by atoms with Crippen LogP contribution in [0.4, 0.5) is 0 Å². The summed E-state index contributed by atoms with van der Waals surface area (Å²) >= 11 is 4.11. The van der Waals surface area contributed by atoms with Gasteiger partial charge >= 0.3 is 0 Å². The predicted molar refractivity (Wildman–Crippen MR) is 186 cm³/mol. The molecule has 2 heterocycles. The first-order chi connectivity index (χ1) is 19.8. The molecule has 0 aliphatic heterocycles. The van der Waals surface area contributed by atoms with E-state index in [1.807, 2.05) is 0 Å². The zero-order valence-corrected chi connectivity index (χ0v) is 27.5. The summed E-state index contributed by atoms with van der Waals surface area (Å²) in [7, 11) is 0. The van der Waals surface area contributed by atoms with Gasteiger partial charge in [-0.2, -0.15) is 0 Å². The van der Waals surface area contributed by atoms with Crippen molar-refractivity contribution in [3.8, 4) is 0 Å². The second kappa shape index (κ2) is 18.2. The van der Waals surface area contributed by atoms with Gasteiger partial charge in [-0.15, -0.1) is 22.7 Å². The average Bonchev–Trinajstić information content (AvgIpc) is 3.51. The second-order valence-electron chi connectivity index (χ2n) is 12.3. The molecule has 0 radical (unpaired) electrons. The third kappa shape index (κ3) is 9.32. The van der Waals surface area contributed by atoms with Crippen LogP contribution in [0.1, 0.15) is 153 Å². The van der Waals surface area contributed by atoms with Crippen molar-refractivity contribution in [3.63, 3.8) is 0 Å². The van der Waals surface area contributed by atoms with Crippen LogP contribution in [0.5, 0.6) is 0 Å². The van der Waals surface area contributed by atoms with Crippen molar-refractivity contribution >= 4 is 52.2 Å². The van der Waals surface area contributed by atoms with Crippen LogP contribution in [-0.4, -0.2) is 0 Å². The molecule has 220 valence electrons. The van der Waals surface area contributed by atoms with E-state index in [1.54, 1.807) is 31.3 Å². The number of rotatable bonds is 22. The van der Waals surface area contributed by atoms with Crippen LogP contribution in [0.25, 0.3) is 29.6 Å². The van der Waals surface area contributed by atoms with Gasteiger partial charge in [-0.05, 0) is 48.9 Å². The zero-order chi connectivity index (χ0) is 27.8. The van der Waals surface area contributed by atoms with Crippen molar-refractivity contribution in [2.75, 3.05) is 0 Å². The smallest absolute Gasteiger partial charge is 0.0544 e. The maximum Gasteiger partial charge on any atom is 0.0544 e. The standard InChI is InChI=1S/C38H56S2/c1-3-5-7-9-11-13-15-17-19-21-25-31-27-23-29-33-35(31)37-38(39-33)36-32(28-24-30-34(36)40-37)26-22-20-18-16-14-12-10-8-6-4-2/h23-24,27-30H,3-22,25-26H2,1-2H3. The lowest BCUT2D eigenvalue weighted by molar-refractivity contribution is 0.556. The minimum atomic E-state index is 1.24. The van der Waals surface area contributed by atoms with Gasteiger partial charge in [0, 0.05) is 20.2 Å². The molecule has 0 fully saturated rings. The highest BCUT2D eigenvalue weighted by atomic mass is 32.1. The molecule has 2 aromatic heterocycles. The Labute approximate surface area is 254 Å². The molecule has 0 amide bonds. The van der Waals surface area contributed by atoms with Gasteiger partial charge in [0.1, 0.15) is 0 Å². The predicted octanol–water partition coefficient (Wildman–Crippen LogP) is 14.2. The molecule has 0 bridgehead atoms. The Morgan fingerprint density at radius 3 is 1.07 bits per heavy atom. The van der Waals surface area contributed by atoms with Crippen molar-refractivity contribution in [1.29, 1.82) is 0 Å². The molecule has 0 saturated heterocycles. The molecule has 0 N–H and O–H groups in total. The van der Waals surface area contributed by atoms with Crippen molar-refractivity contribution in [3.05, 3.63) is 47.5 Å². The van der Waals surface area contributed by atoms with Gasteiger partial charge in [0.15, 0.2) is 0 Å². The summed E-state index contributed by atoms with van der Waals surface area (Å²) in [5, 5.41) is 3.15. The van der Waals surface area contributed by atoms with Crippen molar-refractivity contribution in [1.82, 2.24) is 0 Å². The van der Waals surface area contributed by atoms with Crippen LogP contribution >= 0.6 is 22.7 Å². The minimum Gasteiger partial charge on any atom is -0.134 e. The molecule has 40 heavy (non-hydrogen) atoms. The van der Waals surface area contributed by atoms with Gasteiger partial charge in [0.05, 0.1) is 9.40 Å². The Morgan fingerprint density at radius 1 is 0.400 bits per heavy atom. The fourth-order valence-corrected chi connectivity index (χ4v) is 9.36. The van der Waals surface area contributed by atoms with Gasteiger partial charge in [-0.25, -0.2) is 0 Å². The Kier molecular flexibility index (Phi) is 14.4. The van der Waals surface area contributed by atoms with Crippen LogP contribution in [0.15, 0.2) is 36.4 Å². The summed E-state index contributed by atoms with van der Waals surface area (Å²) in [6, 6.07) is 14.2. The first-order valence-electron chi connectivity index (χ1n) is 17.2. The van der Waals surface area contributed by atoms with E-state index in [0.29, 0.717) is 0 Å². The number of hydrogen-bond donors (Lipinski definition) is 0. The quantitative estimate of drug-likeness (QED) is 0.0816. The van der Waals surface area contributed by atoms with Crippen molar-refractivity contribution < 1.29 is 0 Å². The average molecular weight is 577 g/mol. The maximum absolute atomic E-state index is 2.41. The lowest BCUT2D eigenvalue weighted by atomic mass is 10.0. The molecular formula is C38H56S2. The third-order valence-corrected chi connectivity index (χ3v) is 11.4. The van der Waals surface area contributed by atoms with Gasteiger partial charge in [0.2, 0.25) is 0 Å². The lowest BCUT2D eigenvalue weighted by Crippen LogP contribution is -1.87. The normalized spacial score (nSPS) is 11.9. The molecule has 2 heteroatoms. The largest absolute Gasteiger partial charge is 0.134 e. The highest BCUT2D eigenvalue weighted by Gasteiger charge is 2.16. The number of fused-ring (bicyclic) bond motifs is 5. The van der Waals surface area contributed by atoms with E-state index in [2.05, 4.69) is 72.9 Å². The zero-order valence-electron chi connectivity index (χ0n) is 25.8. The molecule has 0 atom stereocenters. The molecule has 0 aliphatic rings. The third-order valence-electron chi connectivity index (χ3n) is 8.91. The summed E-state index contributed by atoms with van der Waals surface area (Å²) in [4.78, 5) is 0. The second-order valence-corrected chi connectivity index (χ2v) is 14.4. The Morgan fingerprint density at radius 2 is 0.725 bits per heavy atom. The van der Waals surface area contributed by atoms with Gasteiger partial charge in [-0.3, -0.25) is 0 Å². The highest BCUT2D eigenvalue weighted by Crippen LogP contribution is 2.46. The first-order valence-corrected chi connectivity index (χ1v) is 18.8. The van der Waals surface area contributed by atoms with E-state index in [9.17, 15) is 0 Å². The van der Waals surface area contributed by atoms with E-state index >= 15 is 0 Å². The SMILES string of the molecule is CCCCCCCCCCCCc1cccc2sc3c(sc4cccc(CCCCCCCCCCCC)c43)c12. The summed E-state index contributed by atoms with van der Waals surface area (Å²) in [5.41, 5.74) is 3.18. The topological polar surface area (TPSA) is 0 Å². The van der Waals surface area contributed by atoms with E-state index < -0.39 is 0 Å². The molecule has 4 aromatic rings. The van der Waals surface area contributed by atoms with E-state index in [1.165, 1.54) is 151 Å². The monoisotopic (exact) mass is 576 g/mol. The number of benzene rings is 2. The first kappa shape index (κ1) is 31.6. The number of thiophene rings is 2. The molecular weight excluding hydrogens is 521 g/mol. The minimum absolute atomic E-state index is 1.24. The molecule has 4 rings (SSSR count). The summed E-state index contributed by atoms with van der Waals surface area (Å²) in [5.74, 6) is 0. The molecule has 2 aromatic carbocycles. The van der Waals surface area contributed by atoms with Crippen molar-refractivity contribution in [2.24, 2.45) is 0 Å². The van der Waals surface area contributed by atoms with Crippen LogP contribution < -0.4 is 0 Å². The Hall–Kier alpha value is -1.38. The highest BCUT2D eigenvalue weighted by molar-refractivity contribution is 7.36. The van der Waals surface area contributed by atoms with E-state index in [4.69, 9.17) is 0 Å². The Bertz CT molecular complexity index is 1150. The molecule has 0 spiro atoms. The van der Waals surface area contributed by atoms with Gasteiger partial charge in [0.25, 0.3) is 0 Å². The summed E-state index contributed by atoms with van der Waals surface area (Å²) in [6.07, 6.45) is 30.7. The number of hydrogen-bond acceptors (Lipinski definition) is 2. The fourth-order valence-electron chi connectivity index (χ4n) is 6.50. The molecule has 0 unspecified atom stereocenters. The van der Waals surface area contributed by atoms with Crippen LogP contribution in [0.2, 0.25) is 0 Å². The number of aryl methyl sites for hydroxylation is 2. The van der Waals surface area contributed by atoms with Crippen LogP contribution in [-0.2, 0) is 12.8 Å². The van der Waals surface area contributed by atoms with Gasteiger partial charge in [-0.1, -0.05) is 154 Å². The maximum atomic E-state index is 2.41. The van der Waals surface area contributed by atoms with Gasteiger partial charge < -0.3 is 0 Å². The lowest BCUT2D eigenvalue weighted by Gasteiger charge is -2.05. The number of unbranched alkanes of at least 4 members (excludes halogenated alkanes) is 18. The van der Waals surface area contributed by atoms with Crippen LogP contribution in [0, 0.1) is 0 Å². The molecule has 0 saturated carbocycles. The summed E-state index contributed by atoms with van der Waals surface area (Å²) in [6.45, 7) is 4.61. The Balaban J connectivity index is 1.29.